The summed E-state index contributed by atoms with van der Waals surface area (Å²) >= 11 is 0. The minimum Gasteiger partial charge on any atom is -0.377 e. The van der Waals surface area contributed by atoms with Crippen LogP contribution in [0.15, 0.2) is 30.5 Å². The molecule has 2 saturated heterocycles. The number of aromatic amines is 1. The van der Waals surface area contributed by atoms with Gasteiger partial charge in [0.05, 0.1) is 31.3 Å². The first-order valence-corrected chi connectivity index (χ1v) is 11.8. The van der Waals surface area contributed by atoms with Crippen molar-refractivity contribution in [1.29, 1.82) is 0 Å². The SMILES string of the molecule is CC(C)C[C@@H]1NC(=O)[C@H](Cc2c[nH]c3ccccc23)NC(=O)CNC2(COC2)[C@H](C)CC1=O. The average Bonchev–Trinajstić information content (AvgIpc) is 3.14. The predicted octanol–water partition coefficient (Wildman–Crippen LogP) is 1.69. The van der Waals surface area contributed by atoms with Crippen LogP contribution in [0.25, 0.3) is 10.9 Å². The molecule has 0 radical (unpaired) electrons. The number of ketones is 1. The molecule has 8 heteroatoms. The van der Waals surface area contributed by atoms with Crippen molar-refractivity contribution >= 4 is 28.5 Å². The summed E-state index contributed by atoms with van der Waals surface area (Å²) in [6, 6.07) is 6.49. The Morgan fingerprint density at radius 1 is 1.09 bits per heavy atom. The molecule has 3 atom stereocenters. The minimum atomic E-state index is -0.786. The number of Topliss-reactive ketones (excluding diaryl/α,β-unsaturated/α-hetero) is 1. The molecule has 178 valence electrons. The first kappa shape index (κ1) is 23.4. The number of amides is 2. The fourth-order valence-electron chi connectivity index (χ4n) is 4.77. The number of rotatable bonds is 4. The predicted molar refractivity (Wildman–Crippen MR) is 126 cm³/mol. The molecule has 33 heavy (non-hydrogen) atoms. The van der Waals surface area contributed by atoms with Crippen molar-refractivity contribution in [1.82, 2.24) is 20.9 Å². The zero-order valence-corrected chi connectivity index (χ0v) is 19.6. The van der Waals surface area contributed by atoms with Gasteiger partial charge in [0, 0.05) is 29.9 Å². The fraction of sp³-hybridized carbons (Fsp3) is 0.560. The van der Waals surface area contributed by atoms with Gasteiger partial charge >= 0.3 is 0 Å². The highest BCUT2D eigenvalue weighted by molar-refractivity contribution is 5.94. The lowest BCUT2D eigenvalue weighted by Gasteiger charge is -2.47. The molecule has 2 fully saturated rings. The third-order valence-electron chi connectivity index (χ3n) is 6.93. The van der Waals surface area contributed by atoms with E-state index in [4.69, 9.17) is 4.74 Å². The number of nitrogens with one attached hydrogen (secondary N) is 4. The maximum Gasteiger partial charge on any atom is 0.243 e. The zero-order chi connectivity index (χ0) is 23.6. The standard InChI is InChI=1S/C25H34N4O4/c1-15(2)8-20-22(30)9-16(3)25(13-33-14-25)27-12-23(31)28-21(24(32)29-20)10-17-11-26-19-7-5-4-6-18(17)19/h4-7,11,15-16,20-21,26-27H,8-10,12-14H2,1-3H3,(H,28,31)(H,29,32)/t16-,20+,21+/m1/s1. The van der Waals surface area contributed by atoms with Crippen LogP contribution in [-0.2, 0) is 25.5 Å². The molecule has 0 saturated carbocycles. The number of carbonyl (C=O) groups excluding carboxylic acids is 3. The molecular formula is C25H34N4O4. The van der Waals surface area contributed by atoms with E-state index in [9.17, 15) is 14.4 Å². The van der Waals surface area contributed by atoms with E-state index >= 15 is 0 Å². The number of ether oxygens (including phenoxy) is 1. The van der Waals surface area contributed by atoms with Crippen LogP contribution < -0.4 is 16.0 Å². The van der Waals surface area contributed by atoms with E-state index < -0.39 is 17.6 Å². The van der Waals surface area contributed by atoms with Crippen molar-refractivity contribution < 1.29 is 19.1 Å². The number of fused-ring (bicyclic) bond motifs is 1. The second kappa shape index (κ2) is 9.65. The Morgan fingerprint density at radius 2 is 1.85 bits per heavy atom. The van der Waals surface area contributed by atoms with E-state index in [1.807, 2.05) is 51.2 Å². The molecule has 2 aliphatic rings. The summed E-state index contributed by atoms with van der Waals surface area (Å²) in [6.07, 6.45) is 3.08. The van der Waals surface area contributed by atoms with Gasteiger partial charge in [-0.2, -0.15) is 0 Å². The first-order valence-electron chi connectivity index (χ1n) is 11.8. The number of hydrogen-bond acceptors (Lipinski definition) is 5. The summed E-state index contributed by atoms with van der Waals surface area (Å²) in [4.78, 5) is 42.6. The molecule has 0 bridgehead atoms. The smallest absolute Gasteiger partial charge is 0.243 e. The Labute approximate surface area is 194 Å². The molecule has 0 aliphatic carbocycles. The maximum atomic E-state index is 13.3. The maximum absolute atomic E-state index is 13.3. The molecule has 1 spiro atoms. The third-order valence-corrected chi connectivity index (χ3v) is 6.93. The highest BCUT2D eigenvalue weighted by atomic mass is 16.5. The lowest BCUT2D eigenvalue weighted by atomic mass is 9.78. The molecule has 1 aromatic heterocycles. The van der Waals surface area contributed by atoms with Gasteiger partial charge in [-0.05, 0) is 29.9 Å². The monoisotopic (exact) mass is 454 g/mol. The molecule has 0 unspecified atom stereocenters. The number of carbonyl (C=O) groups is 3. The van der Waals surface area contributed by atoms with Crippen molar-refractivity contribution in [3.8, 4) is 0 Å². The van der Waals surface area contributed by atoms with E-state index in [2.05, 4.69) is 20.9 Å². The molecular weight excluding hydrogens is 420 g/mol. The van der Waals surface area contributed by atoms with Crippen LogP contribution in [0.2, 0.25) is 0 Å². The summed E-state index contributed by atoms with van der Waals surface area (Å²) in [5, 5.41) is 10.2. The van der Waals surface area contributed by atoms with E-state index in [0.29, 0.717) is 32.5 Å². The highest BCUT2D eigenvalue weighted by Crippen LogP contribution is 2.30. The fourth-order valence-corrected chi connectivity index (χ4v) is 4.77. The van der Waals surface area contributed by atoms with Crippen LogP contribution in [0.4, 0.5) is 0 Å². The van der Waals surface area contributed by atoms with Gasteiger partial charge < -0.3 is 20.4 Å². The molecule has 4 rings (SSSR count). The lowest BCUT2D eigenvalue weighted by molar-refractivity contribution is -0.137. The van der Waals surface area contributed by atoms with Gasteiger partial charge in [-0.15, -0.1) is 0 Å². The zero-order valence-electron chi connectivity index (χ0n) is 19.6. The topological polar surface area (TPSA) is 112 Å². The van der Waals surface area contributed by atoms with Crippen LogP contribution in [0.1, 0.15) is 39.2 Å². The third kappa shape index (κ3) is 5.12. The quantitative estimate of drug-likeness (QED) is 0.562. The van der Waals surface area contributed by atoms with Gasteiger partial charge in [0.1, 0.15) is 6.04 Å². The van der Waals surface area contributed by atoms with Crippen molar-refractivity contribution in [2.75, 3.05) is 19.8 Å². The van der Waals surface area contributed by atoms with Gasteiger partial charge in [0.2, 0.25) is 11.8 Å². The molecule has 1 aromatic carbocycles. The summed E-state index contributed by atoms with van der Waals surface area (Å²) in [7, 11) is 0. The molecule has 2 aromatic rings. The number of benzene rings is 1. The van der Waals surface area contributed by atoms with Gasteiger partial charge in [0.15, 0.2) is 5.78 Å². The highest BCUT2D eigenvalue weighted by Gasteiger charge is 2.45. The minimum absolute atomic E-state index is 0.0143. The first-order chi connectivity index (χ1) is 15.8. The van der Waals surface area contributed by atoms with Gasteiger partial charge in [0.25, 0.3) is 0 Å². The number of hydrogen-bond donors (Lipinski definition) is 4. The van der Waals surface area contributed by atoms with Gasteiger partial charge in [-0.1, -0.05) is 39.0 Å². The van der Waals surface area contributed by atoms with E-state index in [1.54, 1.807) is 0 Å². The Kier molecular flexibility index (Phi) is 6.86. The summed E-state index contributed by atoms with van der Waals surface area (Å²) < 4.78 is 5.44. The summed E-state index contributed by atoms with van der Waals surface area (Å²) in [5.41, 5.74) is 1.52. The molecule has 3 heterocycles. The van der Waals surface area contributed by atoms with Crippen LogP contribution >= 0.6 is 0 Å². The normalized spacial score (nSPS) is 26.4. The summed E-state index contributed by atoms with van der Waals surface area (Å²) in [5.74, 6) is -0.332. The Hall–Kier alpha value is -2.71. The second-order valence-electron chi connectivity index (χ2n) is 9.95. The van der Waals surface area contributed by atoms with Gasteiger partial charge in [-0.3, -0.25) is 19.7 Å². The number of H-pyrrole nitrogens is 1. The largest absolute Gasteiger partial charge is 0.377 e. The molecule has 2 aliphatic heterocycles. The van der Waals surface area contributed by atoms with Crippen molar-refractivity contribution in [2.24, 2.45) is 11.8 Å². The number of para-hydroxylation sites is 1. The molecule has 4 N–H and O–H groups in total. The molecule has 2 amide bonds. The molecule has 8 nitrogen and oxygen atoms in total. The van der Waals surface area contributed by atoms with Crippen LogP contribution in [0.3, 0.4) is 0 Å². The van der Waals surface area contributed by atoms with Crippen LogP contribution in [0.5, 0.6) is 0 Å². The lowest BCUT2D eigenvalue weighted by Crippen LogP contribution is -2.67. The van der Waals surface area contributed by atoms with E-state index in [0.717, 1.165) is 16.5 Å². The Balaban J connectivity index is 1.61. The second-order valence-corrected chi connectivity index (χ2v) is 9.95. The van der Waals surface area contributed by atoms with E-state index in [1.165, 1.54) is 0 Å². The summed E-state index contributed by atoms with van der Waals surface area (Å²) in [6.45, 7) is 7.07. The average molecular weight is 455 g/mol. The van der Waals surface area contributed by atoms with Crippen molar-refractivity contribution in [3.63, 3.8) is 0 Å². The van der Waals surface area contributed by atoms with E-state index in [-0.39, 0.29) is 36.0 Å². The van der Waals surface area contributed by atoms with Crippen LogP contribution in [0, 0.1) is 11.8 Å². The Morgan fingerprint density at radius 3 is 2.55 bits per heavy atom. The van der Waals surface area contributed by atoms with Gasteiger partial charge in [-0.25, -0.2) is 0 Å². The van der Waals surface area contributed by atoms with Crippen LogP contribution in [-0.4, -0.2) is 60.0 Å². The Bertz CT molecular complexity index is 1030. The van der Waals surface area contributed by atoms with Crippen molar-refractivity contribution in [3.05, 3.63) is 36.0 Å². The number of aromatic nitrogens is 1. The van der Waals surface area contributed by atoms with Crippen molar-refractivity contribution in [2.45, 2.75) is 57.7 Å².